The number of benzene rings is 1. The zero-order valence-electron chi connectivity index (χ0n) is 8.11. The van der Waals surface area contributed by atoms with E-state index in [-0.39, 0.29) is 0 Å². The van der Waals surface area contributed by atoms with Crippen LogP contribution in [0.1, 0.15) is 11.1 Å². The summed E-state index contributed by atoms with van der Waals surface area (Å²) in [5.41, 5.74) is 2.84. The van der Waals surface area contributed by atoms with Crippen LogP contribution in [0.4, 0.5) is 5.69 Å². The van der Waals surface area contributed by atoms with Crippen LogP contribution in [0.3, 0.4) is 0 Å². The maximum Gasteiger partial charge on any atom is 0.270 e. The Morgan fingerprint density at radius 1 is 1.50 bits per heavy atom. The second kappa shape index (κ2) is 4.41. The average Bonchev–Trinajstić information content (AvgIpc) is 2.13. The lowest BCUT2D eigenvalue weighted by Crippen LogP contribution is -2.13. The average molecular weight is 192 g/mol. The minimum absolute atomic E-state index is 0.443. The van der Waals surface area contributed by atoms with Gasteiger partial charge in [0.25, 0.3) is 5.91 Å². The quantitative estimate of drug-likeness (QED) is 0.425. The Kier molecular flexibility index (Phi) is 3.23. The van der Waals surface area contributed by atoms with Crippen molar-refractivity contribution >= 4 is 17.8 Å². The molecule has 1 rings (SSSR count). The van der Waals surface area contributed by atoms with E-state index >= 15 is 0 Å². The molecule has 14 heavy (non-hydrogen) atoms. The Labute approximate surface area is 82.2 Å². The van der Waals surface area contributed by atoms with Gasteiger partial charge in [-0.25, -0.2) is 0 Å². The maximum atomic E-state index is 11.1. The smallest absolute Gasteiger partial charge is 0.270 e. The Hall–Kier alpha value is -1.84. The standard InChI is InChI=1S/C10H12N2O2/c1-7-4-3-5-9(8(7)2)12-10(13)6-11-14/h3-6,14H,1-2H3,(H,12,13)/b11-6-. The first kappa shape index (κ1) is 10.2. The van der Waals surface area contributed by atoms with E-state index < -0.39 is 5.91 Å². The van der Waals surface area contributed by atoms with Gasteiger partial charge in [0.15, 0.2) is 0 Å². The monoisotopic (exact) mass is 192 g/mol. The molecular weight excluding hydrogens is 180 g/mol. The molecule has 0 saturated carbocycles. The molecule has 0 aromatic heterocycles. The Morgan fingerprint density at radius 3 is 2.86 bits per heavy atom. The van der Waals surface area contributed by atoms with E-state index in [2.05, 4.69) is 10.5 Å². The minimum atomic E-state index is -0.443. The van der Waals surface area contributed by atoms with Crippen molar-refractivity contribution in [3.05, 3.63) is 29.3 Å². The summed E-state index contributed by atoms with van der Waals surface area (Å²) in [4.78, 5) is 11.1. The van der Waals surface area contributed by atoms with E-state index in [9.17, 15) is 4.79 Å². The third-order valence-electron chi connectivity index (χ3n) is 2.04. The van der Waals surface area contributed by atoms with Crippen molar-refractivity contribution in [3.63, 3.8) is 0 Å². The molecule has 0 unspecified atom stereocenters. The van der Waals surface area contributed by atoms with Gasteiger partial charge in [-0.05, 0) is 31.0 Å². The first-order valence-corrected chi connectivity index (χ1v) is 4.20. The highest BCUT2D eigenvalue weighted by Gasteiger charge is 2.03. The zero-order chi connectivity index (χ0) is 10.6. The summed E-state index contributed by atoms with van der Waals surface area (Å²) in [6, 6.07) is 5.62. The van der Waals surface area contributed by atoms with Crippen LogP contribution >= 0.6 is 0 Å². The second-order valence-electron chi connectivity index (χ2n) is 2.98. The van der Waals surface area contributed by atoms with Crippen molar-refractivity contribution in [2.45, 2.75) is 13.8 Å². The van der Waals surface area contributed by atoms with Crippen molar-refractivity contribution < 1.29 is 10.0 Å². The summed E-state index contributed by atoms with van der Waals surface area (Å²) < 4.78 is 0. The van der Waals surface area contributed by atoms with Crippen molar-refractivity contribution in [1.82, 2.24) is 0 Å². The molecule has 0 aliphatic carbocycles. The van der Waals surface area contributed by atoms with E-state index in [0.717, 1.165) is 23.0 Å². The molecule has 0 heterocycles. The summed E-state index contributed by atoms with van der Waals surface area (Å²) >= 11 is 0. The lowest BCUT2D eigenvalue weighted by Gasteiger charge is -2.07. The summed E-state index contributed by atoms with van der Waals surface area (Å²) in [5, 5.41) is 13.4. The number of carbonyl (C=O) groups excluding carboxylic acids is 1. The van der Waals surface area contributed by atoms with Gasteiger partial charge in [0.1, 0.15) is 6.21 Å². The van der Waals surface area contributed by atoms with Crippen LogP contribution in [0.2, 0.25) is 0 Å². The van der Waals surface area contributed by atoms with E-state index in [1.165, 1.54) is 0 Å². The van der Waals surface area contributed by atoms with Gasteiger partial charge in [-0.1, -0.05) is 17.3 Å². The molecule has 4 nitrogen and oxygen atoms in total. The third-order valence-corrected chi connectivity index (χ3v) is 2.04. The maximum absolute atomic E-state index is 11.1. The molecule has 0 atom stereocenters. The largest absolute Gasteiger partial charge is 0.411 e. The molecule has 0 aliphatic heterocycles. The van der Waals surface area contributed by atoms with Crippen LogP contribution in [-0.2, 0) is 4.79 Å². The number of aryl methyl sites for hydroxylation is 1. The number of anilines is 1. The molecule has 0 radical (unpaired) electrons. The molecule has 1 aromatic rings. The van der Waals surface area contributed by atoms with Crippen molar-refractivity contribution in [2.24, 2.45) is 5.16 Å². The van der Waals surface area contributed by atoms with Crippen LogP contribution in [0.25, 0.3) is 0 Å². The highest BCUT2D eigenvalue weighted by atomic mass is 16.4. The van der Waals surface area contributed by atoms with Crippen LogP contribution in [-0.4, -0.2) is 17.3 Å². The van der Waals surface area contributed by atoms with Gasteiger partial charge >= 0.3 is 0 Å². The van der Waals surface area contributed by atoms with Crippen LogP contribution in [0.15, 0.2) is 23.4 Å². The molecule has 2 N–H and O–H groups in total. The number of hydrogen-bond donors (Lipinski definition) is 2. The number of nitrogens with one attached hydrogen (secondary N) is 1. The topological polar surface area (TPSA) is 61.7 Å². The molecular formula is C10H12N2O2. The number of oxime groups is 1. The summed E-state index contributed by atoms with van der Waals surface area (Å²) in [7, 11) is 0. The number of hydrogen-bond acceptors (Lipinski definition) is 3. The normalized spacial score (nSPS) is 10.4. The van der Waals surface area contributed by atoms with Crippen LogP contribution in [0.5, 0.6) is 0 Å². The highest BCUT2D eigenvalue weighted by Crippen LogP contribution is 2.17. The zero-order valence-corrected chi connectivity index (χ0v) is 8.11. The SMILES string of the molecule is Cc1cccc(NC(=O)/C=N\O)c1C. The second-order valence-corrected chi connectivity index (χ2v) is 2.98. The van der Waals surface area contributed by atoms with E-state index in [1.54, 1.807) is 6.07 Å². The summed E-state index contributed by atoms with van der Waals surface area (Å²) in [6.45, 7) is 3.88. The molecule has 0 aliphatic rings. The molecule has 0 bridgehead atoms. The molecule has 1 aromatic carbocycles. The number of carbonyl (C=O) groups is 1. The molecule has 74 valence electrons. The Balaban J connectivity index is 2.87. The third kappa shape index (κ3) is 2.32. The van der Waals surface area contributed by atoms with Crippen molar-refractivity contribution in [2.75, 3.05) is 5.32 Å². The van der Waals surface area contributed by atoms with Gasteiger partial charge < -0.3 is 10.5 Å². The lowest BCUT2D eigenvalue weighted by molar-refractivity contribution is -0.110. The Morgan fingerprint density at radius 2 is 2.21 bits per heavy atom. The fraction of sp³-hybridized carbons (Fsp3) is 0.200. The fourth-order valence-electron chi connectivity index (χ4n) is 1.10. The van der Waals surface area contributed by atoms with Gasteiger partial charge in [0.2, 0.25) is 0 Å². The molecule has 0 fully saturated rings. The fourth-order valence-corrected chi connectivity index (χ4v) is 1.10. The van der Waals surface area contributed by atoms with Gasteiger partial charge in [-0.3, -0.25) is 4.79 Å². The minimum Gasteiger partial charge on any atom is -0.411 e. The molecule has 0 saturated heterocycles. The van der Waals surface area contributed by atoms with Gasteiger partial charge in [0, 0.05) is 5.69 Å². The number of nitrogens with zero attached hydrogens (tertiary/aromatic N) is 1. The number of amides is 1. The van der Waals surface area contributed by atoms with E-state index in [1.807, 2.05) is 26.0 Å². The predicted octanol–water partition coefficient (Wildman–Crippen LogP) is 1.70. The predicted molar refractivity (Wildman–Crippen MR) is 54.8 cm³/mol. The van der Waals surface area contributed by atoms with E-state index in [4.69, 9.17) is 5.21 Å². The van der Waals surface area contributed by atoms with E-state index in [0.29, 0.717) is 0 Å². The van der Waals surface area contributed by atoms with Crippen LogP contribution < -0.4 is 5.32 Å². The molecule has 4 heteroatoms. The number of rotatable bonds is 2. The highest BCUT2D eigenvalue weighted by molar-refractivity contribution is 6.31. The van der Waals surface area contributed by atoms with Crippen LogP contribution in [0, 0.1) is 13.8 Å². The molecule has 0 spiro atoms. The van der Waals surface area contributed by atoms with Gasteiger partial charge in [-0.2, -0.15) is 0 Å². The lowest BCUT2D eigenvalue weighted by atomic mass is 10.1. The first-order chi connectivity index (χ1) is 6.65. The summed E-state index contributed by atoms with van der Waals surface area (Å²) in [6.07, 6.45) is 0.821. The molecule has 1 amide bonds. The van der Waals surface area contributed by atoms with Gasteiger partial charge in [-0.15, -0.1) is 0 Å². The van der Waals surface area contributed by atoms with Crippen molar-refractivity contribution in [1.29, 1.82) is 0 Å². The summed E-state index contributed by atoms with van der Waals surface area (Å²) in [5.74, 6) is -0.443. The first-order valence-electron chi connectivity index (χ1n) is 4.20. The van der Waals surface area contributed by atoms with Crippen molar-refractivity contribution in [3.8, 4) is 0 Å². The Bertz CT molecular complexity index is 372. The van der Waals surface area contributed by atoms with Gasteiger partial charge in [0.05, 0.1) is 0 Å².